The van der Waals surface area contributed by atoms with Crippen molar-refractivity contribution in [3.05, 3.63) is 35.9 Å². The highest BCUT2D eigenvalue weighted by Crippen LogP contribution is 2.16. The normalized spacial score (nSPS) is 22.5. The van der Waals surface area contributed by atoms with Crippen LogP contribution in [0.4, 0.5) is 0 Å². The van der Waals surface area contributed by atoms with Crippen LogP contribution in [0.15, 0.2) is 35.5 Å². The van der Waals surface area contributed by atoms with E-state index in [0.29, 0.717) is 19.6 Å². The molecular weight excluding hydrogens is 268 g/mol. The van der Waals surface area contributed by atoms with Crippen molar-refractivity contribution in [1.29, 1.82) is 0 Å². The minimum absolute atomic E-state index is 0.0614. The second-order valence-electron chi connectivity index (χ2n) is 5.51. The van der Waals surface area contributed by atoms with E-state index in [1.54, 1.807) is 0 Å². The molecule has 2 heterocycles. The summed E-state index contributed by atoms with van der Waals surface area (Å²) in [5.74, 6) is -0.0614. The fourth-order valence-corrected chi connectivity index (χ4v) is 2.64. The van der Waals surface area contributed by atoms with Gasteiger partial charge < -0.3 is 14.9 Å². The zero-order valence-electron chi connectivity index (χ0n) is 12.0. The van der Waals surface area contributed by atoms with E-state index >= 15 is 0 Å². The standard InChI is InChI=1S/C16H20N2O3/c19-16(17-13-6-8-20-9-7-13)15-11-14(18-21-15)10-12-4-2-1-3-5-12/h1-5,13,15H,6-11H2,(H,17,19)/t15-/m1/s1. The molecule has 0 spiro atoms. The number of ether oxygens (including phenoxy) is 1. The van der Waals surface area contributed by atoms with Gasteiger partial charge in [-0.25, -0.2) is 0 Å². The Morgan fingerprint density at radius 2 is 2.00 bits per heavy atom. The summed E-state index contributed by atoms with van der Waals surface area (Å²) in [7, 11) is 0. The monoisotopic (exact) mass is 288 g/mol. The zero-order valence-corrected chi connectivity index (χ0v) is 12.0. The first-order valence-electron chi connectivity index (χ1n) is 7.45. The first-order valence-corrected chi connectivity index (χ1v) is 7.45. The van der Waals surface area contributed by atoms with E-state index in [1.165, 1.54) is 5.56 Å². The van der Waals surface area contributed by atoms with Gasteiger partial charge in [-0.2, -0.15) is 0 Å². The number of carbonyl (C=O) groups is 1. The van der Waals surface area contributed by atoms with Crippen LogP contribution < -0.4 is 5.32 Å². The van der Waals surface area contributed by atoms with Crippen LogP contribution in [0.25, 0.3) is 0 Å². The molecule has 0 saturated carbocycles. The van der Waals surface area contributed by atoms with E-state index in [4.69, 9.17) is 9.57 Å². The van der Waals surface area contributed by atoms with Crippen LogP contribution in [-0.4, -0.2) is 37.0 Å². The molecule has 1 saturated heterocycles. The van der Waals surface area contributed by atoms with Gasteiger partial charge in [-0.05, 0) is 18.4 Å². The maximum Gasteiger partial charge on any atom is 0.264 e. The van der Waals surface area contributed by atoms with Crippen LogP contribution in [0.1, 0.15) is 24.8 Å². The summed E-state index contributed by atoms with van der Waals surface area (Å²) < 4.78 is 5.29. The van der Waals surface area contributed by atoms with Gasteiger partial charge in [-0.3, -0.25) is 4.79 Å². The first kappa shape index (κ1) is 14.1. The van der Waals surface area contributed by atoms with Crippen LogP contribution in [0, 0.1) is 0 Å². The minimum atomic E-state index is -0.480. The van der Waals surface area contributed by atoms with Crippen LogP contribution in [0.5, 0.6) is 0 Å². The fourth-order valence-electron chi connectivity index (χ4n) is 2.64. The van der Waals surface area contributed by atoms with Gasteiger partial charge in [0.25, 0.3) is 5.91 Å². The second kappa shape index (κ2) is 6.72. The Kier molecular flexibility index (Phi) is 4.50. The molecule has 1 N–H and O–H groups in total. The topological polar surface area (TPSA) is 59.9 Å². The molecule has 1 amide bonds. The summed E-state index contributed by atoms with van der Waals surface area (Å²) in [6.45, 7) is 1.43. The van der Waals surface area contributed by atoms with E-state index < -0.39 is 6.10 Å². The Bertz CT molecular complexity index is 510. The molecule has 1 fully saturated rings. The maximum atomic E-state index is 12.2. The third-order valence-corrected chi connectivity index (χ3v) is 3.84. The average Bonchev–Trinajstić information content (AvgIpc) is 2.98. The Hall–Kier alpha value is -1.88. The Morgan fingerprint density at radius 3 is 2.76 bits per heavy atom. The molecule has 0 aliphatic carbocycles. The predicted molar refractivity (Wildman–Crippen MR) is 79.1 cm³/mol. The lowest BCUT2D eigenvalue weighted by atomic mass is 10.0. The van der Waals surface area contributed by atoms with E-state index in [2.05, 4.69) is 22.6 Å². The lowest BCUT2D eigenvalue weighted by Crippen LogP contribution is -2.44. The molecule has 5 nitrogen and oxygen atoms in total. The highest BCUT2D eigenvalue weighted by atomic mass is 16.6. The third-order valence-electron chi connectivity index (χ3n) is 3.84. The molecule has 112 valence electrons. The molecule has 0 bridgehead atoms. The number of nitrogens with one attached hydrogen (secondary N) is 1. The summed E-state index contributed by atoms with van der Waals surface area (Å²) in [6.07, 6.45) is 2.57. The van der Waals surface area contributed by atoms with Crippen LogP contribution in [-0.2, 0) is 20.8 Å². The number of amides is 1. The molecule has 1 aromatic carbocycles. The molecule has 5 heteroatoms. The number of oxime groups is 1. The summed E-state index contributed by atoms with van der Waals surface area (Å²) in [5.41, 5.74) is 2.11. The van der Waals surface area contributed by atoms with E-state index in [9.17, 15) is 4.79 Å². The van der Waals surface area contributed by atoms with E-state index in [0.717, 1.165) is 25.0 Å². The molecule has 2 aliphatic rings. The quantitative estimate of drug-likeness (QED) is 0.917. The van der Waals surface area contributed by atoms with Gasteiger partial charge >= 0.3 is 0 Å². The van der Waals surface area contributed by atoms with E-state index in [-0.39, 0.29) is 11.9 Å². The Morgan fingerprint density at radius 1 is 1.24 bits per heavy atom. The van der Waals surface area contributed by atoms with Gasteiger partial charge in [-0.15, -0.1) is 0 Å². The van der Waals surface area contributed by atoms with Crippen molar-refractivity contribution in [2.75, 3.05) is 13.2 Å². The molecule has 2 aliphatic heterocycles. The van der Waals surface area contributed by atoms with Gasteiger partial charge in [0.05, 0.1) is 5.71 Å². The molecule has 0 aromatic heterocycles. The fraction of sp³-hybridized carbons (Fsp3) is 0.500. The molecule has 21 heavy (non-hydrogen) atoms. The lowest BCUT2D eigenvalue weighted by molar-refractivity contribution is -0.132. The summed E-state index contributed by atoms with van der Waals surface area (Å²) in [6, 6.07) is 10.3. The van der Waals surface area contributed by atoms with Gasteiger partial charge in [0, 0.05) is 32.1 Å². The minimum Gasteiger partial charge on any atom is -0.382 e. The predicted octanol–water partition coefficient (Wildman–Crippen LogP) is 1.67. The number of rotatable bonds is 4. The summed E-state index contributed by atoms with van der Waals surface area (Å²) in [4.78, 5) is 17.4. The molecule has 0 unspecified atom stereocenters. The van der Waals surface area contributed by atoms with Gasteiger partial charge in [0.1, 0.15) is 0 Å². The highest BCUT2D eigenvalue weighted by molar-refractivity contribution is 5.94. The smallest absolute Gasteiger partial charge is 0.264 e. The molecule has 1 aromatic rings. The lowest BCUT2D eigenvalue weighted by Gasteiger charge is -2.23. The van der Waals surface area contributed by atoms with Crippen molar-refractivity contribution >= 4 is 11.6 Å². The second-order valence-corrected chi connectivity index (χ2v) is 5.51. The van der Waals surface area contributed by atoms with E-state index in [1.807, 2.05) is 18.2 Å². The largest absolute Gasteiger partial charge is 0.382 e. The summed E-state index contributed by atoms with van der Waals surface area (Å²) in [5, 5.41) is 7.09. The zero-order chi connectivity index (χ0) is 14.5. The Balaban J connectivity index is 1.47. The average molecular weight is 288 g/mol. The number of hydrogen-bond donors (Lipinski definition) is 1. The number of carbonyl (C=O) groups excluding carboxylic acids is 1. The van der Waals surface area contributed by atoms with Crippen molar-refractivity contribution in [2.45, 2.75) is 37.8 Å². The molecule has 0 radical (unpaired) electrons. The van der Waals surface area contributed by atoms with Crippen LogP contribution in [0.2, 0.25) is 0 Å². The SMILES string of the molecule is O=C(NC1CCOCC1)[C@H]1CC(Cc2ccccc2)=NO1. The number of nitrogens with zero attached hydrogens (tertiary/aromatic N) is 1. The van der Waals surface area contributed by atoms with Crippen LogP contribution >= 0.6 is 0 Å². The van der Waals surface area contributed by atoms with Crippen molar-refractivity contribution in [1.82, 2.24) is 5.32 Å². The number of hydrogen-bond acceptors (Lipinski definition) is 4. The molecule has 1 atom stereocenters. The van der Waals surface area contributed by atoms with Crippen molar-refractivity contribution < 1.29 is 14.4 Å². The highest BCUT2D eigenvalue weighted by Gasteiger charge is 2.29. The Labute approximate surface area is 124 Å². The molecular formula is C16H20N2O3. The first-order chi connectivity index (χ1) is 10.3. The van der Waals surface area contributed by atoms with Gasteiger partial charge in [-0.1, -0.05) is 35.5 Å². The summed E-state index contributed by atoms with van der Waals surface area (Å²) >= 11 is 0. The number of benzene rings is 1. The van der Waals surface area contributed by atoms with Crippen molar-refractivity contribution in [3.63, 3.8) is 0 Å². The van der Waals surface area contributed by atoms with Crippen LogP contribution in [0.3, 0.4) is 0 Å². The van der Waals surface area contributed by atoms with Gasteiger partial charge in [0.2, 0.25) is 6.10 Å². The van der Waals surface area contributed by atoms with Gasteiger partial charge in [0.15, 0.2) is 0 Å². The van der Waals surface area contributed by atoms with Crippen molar-refractivity contribution in [2.24, 2.45) is 5.16 Å². The maximum absolute atomic E-state index is 12.2. The third kappa shape index (κ3) is 3.82. The molecule has 3 rings (SSSR count). The van der Waals surface area contributed by atoms with Crippen molar-refractivity contribution in [3.8, 4) is 0 Å².